The average Bonchev–Trinajstić information content (AvgIpc) is 2.50. The van der Waals surface area contributed by atoms with Gasteiger partial charge < -0.3 is 9.63 Å². The van der Waals surface area contributed by atoms with E-state index in [1.54, 1.807) is 6.92 Å². The molecule has 0 saturated heterocycles. The van der Waals surface area contributed by atoms with Gasteiger partial charge in [0, 0.05) is 5.92 Å². The Morgan fingerprint density at radius 1 is 1.46 bits per heavy atom. The smallest absolute Gasteiger partial charge is 0.229 e. The second kappa shape index (κ2) is 4.37. The number of rotatable bonds is 4. The van der Waals surface area contributed by atoms with Crippen molar-refractivity contribution >= 4 is 0 Å². The average molecular weight is 184 g/mol. The van der Waals surface area contributed by atoms with Gasteiger partial charge in [0.1, 0.15) is 0 Å². The van der Waals surface area contributed by atoms with Crippen LogP contribution < -0.4 is 0 Å². The molecule has 0 aromatic carbocycles. The summed E-state index contributed by atoms with van der Waals surface area (Å²) in [6.07, 6.45) is 1.00. The zero-order chi connectivity index (χ0) is 9.84. The van der Waals surface area contributed by atoms with Crippen LogP contribution in [-0.4, -0.2) is 21.4 Å². The van der Waals surface area contributed by atoms with Crippen LogP contribution in [0.4, 0.5) is 0 Å². The Labute approximate surface area is 78.0 Å². The summed E-state index contributed by atoms with van der Waals surface area (Å²) in [5, 5.41) is 12.9. The van der Waals surface area contributed by atoms with E-state index in [2.05, 4.69) is 24.0 Å². The quantitative estimate of drug-likeness (QED) is 0.770. The maximum absolute atomic E-state index is 9.08. The molecule has 0 aliphatic heterocycles. The standard InChI is InChI=1S/C9H16N2O2/c1-4-6(2)9-10-8(13-11-9)5-7(3)12/h6-7,12H,4-5H2,1-3H3. The fraction of sp³-hybridized carbons (Fsp3) is 0.778. The SMILES string of the molecule is CCC(C)c1noc(CC(C)O)n1. The van der Waals surface area contributed by atoms with E-state index in [1.807, 2.05) is 0 Å². The van der Waals surface area contributed by atoms with Crippen molar-refractivity contribution < 1.29 is 9.63 Å². The number of aliphatic hydroxyl groups excluding tert-OH is 1. The third-order valence-corrected chi connectivity index (χ3v) is 2.01. The second-order valence-electron chi connectivity index (χ2n) is 3.41. The minimum Gasteiger partial charge on any atom is -0.393 e. The van der Waals surface area contributed by atoms with E-state index in [0.717, 1.165) is 12.2 Å². The lowest BCUT2D eigenvalue weighted by Gasteiger charge is -1.99. The molecule has 0 fully saturated rings. The lowest BCUT2D eigenvalue weighted by atomic mass is 10.1. The van der Waals surface area contributed by atoms with E-state index in [0.29, 0.717) is 18.2 Å². The highest BCUT2D eigenvalue weighted by molar-refractivity contribution is 4.93. The Morgan fingerprint density at radius 3 is 2.69 bits per heavy atom. The number of aromatic nitrogens is 2. The van der Waals surface area contributed by atoms with E-state index in [4.69, 9.17) is 9.63 Å². The molecule has 0 bridgehead atoms. The molecule has 0 saturated carbocycles. The summed E-state index contributed by atoms with van der Waals surface area (Å²) < 4.78 is 4.98. The molecule has 1 aromatic rings. The Kier molecular flexibility index (Phi) is 3.42. The van der Waals surface area contributed by atoms with Crippen LogP contribution in [0.25, 0.3) is 0 Å². The molecule has 1 aromatic heterocycles. The lowest BCUT2D eigenvalue weighted by molar-refractivity contribution is 0.181. The van der Waals surface area contributed by atoms with E-state index < -0.39 is 6.10 Å². The van der Waals surface area contributed by atoms with Crippen LogP contribution >= 0.6 is 0 Å². The van der Waals surface area contributed by atoms with Gasteiger partial charge in [-0.15, -0.1) is 0 Å². The zero-order valence-electron chi connectivity index (χ0n) is 8.32. The van der Waals surface area contributed by atoms with Crippen molar-refractivity contribution in [3.8, 4) is 0 Å². The number of hydrogen-bond donors (Lipinski definition) is 1. The highest BCUT2D eigenvalue weighted by atomic mass is 16.5. The van der Waals surface area contributed by atoms with Crippen LogP contribution in [0.2, 0.25) is 0 Å². The van der Waals surface area contributed by atoms with Gasteiger partial charge in [-0.05, 0) is 13.3 Å². The molecule has 13 heavy (non-hydrogen) atoms. The Morgan fingerprint density at radius 2 is 2.15 bits per heavy atom. The molecular weight excluding hydrogens is 168 g/mol. The topological polar surface area (TPSA) is 59.2 Å². The van der Waals surface area contributed by atoms with Crippen molar-refractivity contribution in [3.63, 3.8) is 0 Å². The maximum Gasteiger partial charge on any atom is 0.229 e. The first-order valence-corrected chi connectivity index (χ1v) is 4.64. The fourth-order valence-corrected chi connectivity index (χ4v) is 0.986. The van der Waals surface area contributed by atoms with E-state index in [1.165, 1.54) is 0 Å². The van der Waals surface area contributed by atoms with Gasteiger partial charge in [0.2, 0.25) is 5.89 Å². The summed E-state index contributed by atoms with van der Waals surface area (Å²) >= 11 is 0. The summed E-state index contributed by atoms with van der Waals surface area (Å²) in [5.41, 5.74) is 0. The first-order valence-electron chi connectivity index (χ1n) is 4.64. The molecule has 4 nitrogen and oxygen atoms in total. The number of aliphatic hydroxyl groups is 1. The molecule has 4 heteroatoms. The van der Waals surface area contributed by atoms with Crippen LogP contribution in [0.5, 0.6) is 0 Å². The van der Waals surface area contributed by atoms with Gasteiger partial charge in [0.05, 0.1) is 12.5 Å². The Bertz CT molecular complexity index is 258. The van der Waals surface area contributed by atoms with Crippen LogP contribution in [0.15, 0.2) is 4.52 Å². The fourth-order valence-electron chi connectivity index (χ4n) is 0.986. The molecule has 74 valence electrons. The normalized spacial score (nSPS) is 15.7. The molecule has 0 aliphatic rings. The van der Waals surface area contributed by atoms with Crippen molar-refractivity contribution in [1.82, 2.24) is 10.1 Å². The van der Waals surface area contributed by atoms with Crippen molar-refractivity contribution in [2.75, 3.05) is 0 Å². The van der Waals surface area contributed by atoms with Crippen molar-refractivity contribution in [2.24, 2.45) is 0 Å². The summed E-state index contributed by atoms with van der Waals surface area (Å²) in [5.74, 6) is 1.58. The predicted molar refractivity (Wildman–Crippen MR) is 48.4 cm³/mol. The van der Waals surface area contributed by atoms with Crippen LogP contribution in [0.3, 0.4) is 0 Å². The van der Waals surface area contributed by atoms with E-state index in [9.17, 15) is 0 Å². The van der Waals surface area contributed by atoms with E-state index >= 15 is 0 Å². The second-order valence-corrected chi connectivity index (χ2v) is 3.41. The molecule has 0 amide bonds. The maximum atomic E-state index is 9.08. The van der Waals surface area contributed by atoms with Gasteiger partial charge in [0.15, 0.2) is 5.82 Å². The van der Waals surface area contributed by atoms with Gasteiger partial charge in [-0.2, -0.15) is 4.98 Å². The molecule has 2 unspecified atom stereocenters. The third kappa shape index (κ3) is 2.81. The monoisotopic (exact) mass is 184 g/mol. The minimum absolute atomic E-state index is 0.325. The molecule has 1 heterocycles. The lowest BCUT2D eigenvalue weighted by Crippen LogP contribution is -2.04. The van der Waals surface area contributed by atoms with Crippen LogP contribution in [-0.2, 0) is 6.42 Å². The molecule has 0 spiro atoms. The predicted octanol–water partition coefficient (Wildman–Crippen LogP) is 1.51. The Hall–Kier alpha value is -0.900. The molecule has 1 N–H and O–H groups in total. The van der Waals surface area contributed by atoms with Gasteiger partial charge in [-0.3, -0.25) is 0 Å². The zero-order valence-corrected chi connectivity index (χ0v) is 8.32. The highest BCUT2D eigenvalue weighted by Crippen LogP contribution is 2.15. The Balaban J connectivity index is 2.63. The minimum atomic E-state index is -0.426. The third-order valence-electron chi connectivity index (χ3n) is 2.01. The summed E-state index contributed by atoms with van der Waals surface area (Å²) in [7, 11) is 0. The summed E-state index contributed by atoms with van der Waals surface area (Å²) in [6, 6.07) is 0. The molecule has 1 rings (SSSR count). The highest BCUT2D eigenvalue weighted by Gasteiger charge is 2.12. The summed E-state index contributed by atoms with van der Waals surface area (Å²) in [6.45, 7) is 5.83. The van der Waals surface area contributed by atoms with Gasteiger partial charge in [-0.1, -0.05) is 19.0 Å². The van der Waals surface area contributed by atoms with E-state index in [-0.39, 0.29) is 0 Å². The molecule has 0 radical (unpaired) electrons. The number of nitrogens with zero attached hydrogens (tertiary/aromatic N) is 2. The molecule has 2 atom stereocenters. The van der Waals surface area contributed by atoms with Crippen molar-refractivity contribution in [1.29, 1.82) is 0 Å². The van der Waals surface area contributed by atoms with Crippen LogP contribution in [0.1, 0.15) is 44.8 Å². The molecular formula is C9H16N2O2. The largest absolute Gasteiger partial charge is 0.393 e. The molecule has 0 aliphatic carbocycles. The number of hydrogen-bond acceptors (Lipinski definition) is 4. The van der Waals surface area contributed by atoms with Crippen LogP contribution in [0, 0.1) is 0 Å². The first kappa shape index (κ1) is 10.2. The van der Waals surface area contributed by atoms with Gasteiger partial charge in [0.25, 0.3) is 0 Å². The van der Waals surface area contributed by atoms with Crippen molar-refractivity contribution in [2.45, 2.75) is 45.6 Å². The van der Waals surface area contributed by atoms with Gasteiger partial charge >= 0.3 is 0 Å². The summed E-state index contributed by atoms with van der Waals surface area (Å²) in [4.78, 5) is 4.18. The van der Waals surface area contributed by atoms with Crippen molar-refractivity contribution in [3.05, 3.63) is 11.7 Å². The first-order chi connectivity index (χ1) is 6.13. The van der Waals surface area contributed by atoms with Gasteiger partial charge in [-0.25, -0.2) is 0 Å².